The van der Waals surface area contributed by atoms with Gasteiger partial charge in [-0.15, -0.1) is 0 Å². The minimum absolute atomic E-state index is 0.0196. The minimum atomic E-state index is -3.83. The van der Waals surface area contributed by atoms with Crippen molar-refractivity contribution in [3.05, 3.63) is 59.1 Å². The lowest BCUT2D eigenvalue weighted by molar-refractivity contribution is -0.126. The fourth-order valence-electron chi connectivity index (χ4n) is 3.52. The van der Waals surface area contributed by atoms with Crippen LogP contribution in [0.3, 0.4) is 0 Å². The van der Waals surface area contributed by atoms with Gasteiger partial charge in [-0.05, 0) is 43.5 Å². The number of nitrogens with zero attached hydrogens (tertiary/aromatic N) is 1. The lowest BCUT2D eigenvalue weighted by Gasteiger charge is -2.32. The van der Waals surface area contributed by atoms with Gasteiger partial charge in [0.1, 0.15) is 10.6 Å². The second-order valence-corrected chi connectivity index (χ2v) is 9.48. The summed E-state index contributed by atoms with van der Waals surface area (Å²) in [5.74, 6) is -0.312. The molecule has 156 valence electrons. The van der Waals surface area contributed by atoms with E-state index >= 15 is 0 Å². The molecular formula is C21H25ClN2O4S. The van der Waals surface area contributed by atoms with Gasteiger partial charge in [0, 0.05) is 18.1 Å². The zero-order valence-corrected chi connectivity index (χ0v) is 18.0. The van der Waals surface area contributed by atoms with Crippen molar-refractivity contribution in [3.8, 4) is 5.75 Å². The predicted molar refractivity (Wildman–Crippen MR) is 112 cm³/mol. The van der Waals surface area contributed by atoms with E-state index < -0.39 is 15.9 Å². The molecule has 2 atom stereocenters. The number of hydrogen-bond acceptors (Lipinski definition) is 4. The topological polar surface area (TPSA) is 75.7 Å². The largest absolute Gasteiger partial charge is 0.495 e. The molecule has 6 nitrogen and oxygen atoms in total. The van der Waals surface area contributed by atoms with Crippen LogP contribution in [0.4, 0.5) is 0 Å². The van der Waals surface area contributed by atoms with Crippen molar-refractivity contribution in [2.75, 3.05) is 20.2 Å². The lowest BCUT2D eigenvalue weighted by Crippen LogP contribution is -2.45. The van der Waals surface area contributed by atoms with Gasteiger partial charge in [-0.3, -0.25) is 4.79 Å². The standard InChI is InChI=1S/C21H25ClN2O4S/c1-15(16-7-4-3-5-8-16)23-21(25)17-9-6-12-24(14-17)29(26,27)20-13-18(22)10-11-19(20)28-2/h3-5,7-8,10-11,13,15,17H,6,9,12,14H2,1-2H3,(H,23,25)/t15-,17-/m0/s1. The van der Waals surface area contributed by atoms with Gasteiger partial charge < -0.3 is 10.1 Å². The Hall–Kier alpha value is -2.09. The maximum atomic E-state index is 13.2. The van der Waals surface area contributed by atoms with E-state index in [4.69, 9.17) is 16.3 Å². The third kappa shape index (κ3) is 4.91. The maximum Gasteiger partial charge on any atom is 0.246 e. The fraction of sp³-hybridized carbons (Fsp3) is 0.381. The van der Waals surface area contributed by atoms with E-state index in [2.05, 4.69) is 5.32 Å². The highest BCUT2D eigenvalue weighted by molar-refractivity contribution is 7.89. The maximum absolute atomic E-state index is 13.2. The molecule has 1 saturated heterocycles. The van der Waals surface area contributed by atoms with Gasteiger partial charge >= 0.3 is 0 Å². The van der Waals surface area contributed by atoms with E-state index in [0.29, 0.717) is 24.4 Å². The number of piperidine rings is 1. The number of rotatable bonds is 6. The molecule has 2 aromatic rings. The number of benzene rings is 2. The van der Waals surface area contributed by atoms with Crippen LogP contribution in [0.5, 0.6) is 5.75 Å². The monoisotopic (exact) mass is 436 g/mol. The Bertz CT molecular complexity index is 966. The highest BCUT2D eigenvalue weighted by Gasteiger charge is 2.35. The summed E-state index contributed by atoms with van der Waals surface area (Å²) in [7, 11) is -2.41. The number of amides is 1. The van der Waals surface area contributed by atoms with Crippen LogP contribution in [-0.2, 0) is 14.8 Å². The smallest absolute Gasteiger partial charge is 0.246 e. The highest BCUT2D eigenvalue weighted by atomic mass is 35.5. The molecule has 0 bridgehead atoms. The quantitative estimate of drug-likeness (QED) is 0.750. The second-order valence-electron chi connectivity index (χ2n) is 7.14. The molecule has 0 aliphatic carbocycles. The van der Waals surface area contributed by atoms with Gasteiger partial charge in [-0.25, -0.2) is 8.42 Å². The third-order valence-electron chi connectivity index (χ3n) is 5.16. The van der Waals surface area contributed by atoms with Crippen LogP contribution in [0.15, 0.2) is 53.4 Å². The summed E-state index contributed by atoms with van der Waals surface area (Å²) >= 11 is 6.01. The minimum Gasteiger partial charge on any atom is -0.495 e. The molecule has 0 saturated carbocycles. The number of sulfonamides is 1. The van der Waals surface area contributed by atoms with Crippen LogP contribution in [0.2, 0.25) is 5.02 Å². The van der Waals surface area contributed by atoms with E-state index in [1.807, 2.05) is 37.3 Å². The molecule has 1 N–H and O–H groups in total. The van der Waals surface area contributed by atoms with Gasteiger partial charge in [0.05, 0.1) is 19.1 Å². The molecule has 3 rings (SSSR count). The van der Waals surface area contributed by atoms with Crippen LogP contribution >= 0.6 is 11.6 Å². The van der Waals surface area contributed by atoms with Gasteiger partial charge in [0.15, 0.2) is 0 Å². The number of hydrogen-bond donors (Lipinski definition) is 1. The van der Waals surface area contributed by atoms with Gasteiger partial charge in [0.25, 0.3) is 0 Å². The first-order valence-electron chi connectivity index (χ1n) is 9.52. The molecule has 1 fully saturated rings. The van der Waals surface area contributed by atoms with Gasteiger partial charge in [-0.1, -0.05) is 41.9 Å². The molecule has 0 spiro atoms. The van der Waals surface area contributed by atoms with Crippen molar-refractivity contribution >= 4 is 27.5 Å². The first-order chi connectivity index (χ1) is 13.8. The van der Waals surface area contributed by atoms with Crippen molar-refractivity contribution in [2.24, 2.45) is 5.92 Å². The van der Waals surface area contributed by atoms with E-state index in [9.17, 15) is 13.2 Å². The summed E-state index contributed by atoms with van der Waals surface area (Å²) in [4.78, 5) is 12.8. The van der Waals surface area contributed by atoms with Crippen LogP contribution in [0.1, 0.15) is 31.4 Å². The van der Waals surface area contributed by atoms with E-state index in [0.717, 1.165) is 5.56 Å². The van der Waals surface area contributed by atoms with E-state index in [-0.39, 0.29) is 29.1 Å². The third-order valence-corrected chi connectivity index (χ3v) is 7.28. The molecule has 1 heterocycles. The summed E-state index contributed by atoms with van der Waals surface area (Å²) in [6.07, 6.45) is 1.26. The van der Waals surface area contributed by atoms with E-state index in [1.165, 1.54) is 23.5 Å². The number of carbonyl (C=O) groups excluding carboxylic acids is 1. The van der Waals surface area contributed by atoms with Crippen LogP contribution in [-0.4, -0.2) is 38.8 Å². The average Bonchev–Trinajstić information content (AvgIpc) is 2.74. The van der Waals surface area contributed by atoms with Crippen molar-refractivity contribution in [1.29, 1.82) is 0 Å². The summed E-state index contributed by atoms with van der Waals surface area (Å²) in [6.45, 7) is 2.41. The molecule has 8 heteroatoms. The summed E-state index contributed by atoms with van der Waals surface area (Å²) < 4.78 is 32.9. The summed E-state index contributed by atoms with van der Waals surface area (Å²) in [5.41, 5.74) is 1.00. The molecule has 29 heavy (non-hydrogen) atoms. The van der Waals surface area contributed by atoms with Crippen molar-refractivity contribution < 1.29 is 17.9 Å². The summed E-state index contributed by atoms with van der Waals surface area (Å²) in [6, 6.07) is 14.0. The molecule has 0 aromatic heterocycles. The Labute approximate surface area is 176 Å². The normalized spacial score (nSPS) is 18.8. The number of carbonyl (C=O) groups is 1. The first kappa shape index (κ1) is 21.6. The van der Waals surface area contributed by atoms with Crippen LogP contribution in [0.25, 0.3) is 0 Å². The zero-order chi connectivity index (χ0) is 21.0. The Morgan fingerprint density at radius 1 is 1.24 bits per heavy atom. The molecule has 1 aliphatic rings. The average molecular weight is 437 g/mol. The molecule has 0 radical (unpaired) electrons. The van der Waals surface area contributed by atoms with Crippen LogP contribution < -0.4 is 10.1 Å². The molecule has 1 amide bonds. The second kappa shape index (κ2) is 9.15. The molecule has 0 unspecified atom stereocenters. The molecule has 2 aromatic carbocycles. The SMILES string of the molecule is COc1ccc(Cl)cc1S(=O)(=O)N1CCC[C@H](C(=O)N[C@@H](C)c2ccccc2)C1. The van der Waals surface area contributed by atoms with Crippen molar-refractivity contribution in [1.82, 2.24) is 9.62 Å². The molecule has 1 aliphatic heterocycles. The van der Waals surface area contributed by atoms with Gasteiger partial charge in [0.2, 0.25) is 15.9 Å². The Kier molecular flexibility index (Phi) is 6.82. The highest BCUT2D eigenvalue weighted by Crippen LogP contribution is 2.32. The zero-order valence-electron chi connectivity index (χ0n) is 16.5. The van der Waals surface area contributed by atoms with Gasteiger partial charge in [-0.2, -0.15) is 4.31 Å². The lowest BCUT2D eigenvalue weighted by atomic mass is 9.98. The number of methoxy groups -OCH3 is 1. The molecular weight excluding hydrogens is 412 g/mol. The number of halogens is 1. The summed E-state index contributed by atoms with van der Waals surface area (Å²) in [5, 5.41) is 3.32. The first-order valence-corrected chi connectivity index (χ1v) is 11.3. The fourth-order valence-corrected chi connectivity index (χ4v) is 5.46. The van der Waals surface area contributed by atoms with Crippen molar-refractivity contribution in [3.63, 3.8) is 0 Å². The predicted octanol–water partition coefficient (Wildman–Crippen LogP) is 3.63. The number of ether oxygens (including phenoxy) is 1. The van der Waals surface area contributed by atoms with Crippen LogP contribution in [0, 0.1) is 5.92 Å². The Morgan fingerprint density at radius 2 is 1.97 bits per heavy atom. The Morgan fingerprint density at radius 3 is 2.66 bits per heavy atom. The Balaban J connectivity index is 1.75. The van der Waals surface area contributed by atoms with Crippen molar-refractivity contribution in [2.45, 2.75) is 30.7 Å². The number of nitrogens with one attached hydrogen (secondary N) is 1. The van der Waals surface area contributed by atoms with E-state index in [1.54, 1.807) is 6.07 Å².